The summed E-state index contributed by atoms with van der Waals surface area (Å²) < 4.78 is 63.4. The molecule has 5 nitrogen and oxygen atoms in total. The lowest BCUT2D eigenvalue weighted by Crippen LogP contribution is -2.36. The van der Waals surface area contributed by atoms with E-state index in [1.807, 2.05) is 20.8 Å². The second-order valence-electron chi connectivity index (χ2n) is 7.34. The molecule has 166 valence electrons. The largest absolute Gasteiger partial charge is 0.383 e. The number of alkyl halides is 1. The Hall–Kier alpha value is -1.01. The highest BCUT2D eigenvalue weighted by atomic mass is 32.2. The van der Waals surface area contributed by atoms with Crippen LogP contribution in [0.2, 0.25) is 0 Å². The van der Waals surface area contributed by atoms with E-state index in [0.717, 1.165) is 12.8 Å². The fourth-order valence-electron chi connectivity index (χ4n) is 2.99. The molecular formula is C21H34FO5PS. The molecule has 0 saturated carbocycles. The van der Waals surface area contributed by atoms with Gasteiger partial charge in [-0.05, 0) is 65.0 Å². The topological polar surface area (TPSA) is 69.7 Å². The number of hydrogen-bond acceptors (Lipinski definition) is 5. The Balaban J connectivity index is 3.28. The van der Waals surface area contributed by atoms with Crippen LogP contribution in [0, 0.1) is 5.92 Å². The Labute approximate surface area is 175 Å². The molecule has 1 aromatic carbocycles. The number of hydrogen-bond donors (Lipinski definition) is 0. The summed E-state index contributed by atoms with van der Waals surface area (Å²) in [7, 11) is -9.22. The Bertz CT molecular complexity index is 796. The average molecular weight is 449 g/mol. The molecule has 0 aliphatic heterocycles. The van der Waals surface area contributed by atoms with Gasteiger partial charge in [-0.2, -0.15) is 0 Å². The standard InChI is InChI=1S/C21H34FO5PS/c1-6-26-28(23,27-7-2)21(22,17-16-19(5)13-11-12-18(3)4)29(24,25)20-14-9-8-10-15-20/h8-10,12,14-15,19H,6-7,11,13,16-17H2,1-5H3/t19-,21?/m0/s1. The van der Waals surface area contributed by atoms with E-state index in [0.29, 0.717) is 0 Å². The summed E-state index contributed by atoms with van der Waals surface area (Å²) in [5, 5.41) is 0. The van der Waals surface area contributed by atoms with Crippen molar-refractivity contribution in [2.45, 2.75) is 69.9 Å². The Morgan fingerprint density at radius 1 is 1.14 bits per heavy atom. The van der Waals surface area contributed by atoms with Gasteiger partial charge in [-0.1, -0.05) is 36.8 Å². The molecular weight excluding hydrogens is 414 g/mol. The van der Waals surface area contributed by atoms with Gasteiger partial charge < -0.3 is 9.05 Å². The van der Waals surface area contributed by atoms with Crippen LogP contribution in [0.3, 0.4) is 0 Å². The fraction of sp³-hybridized carbons (Fsp3) is 0.619. The fourth-order valence-corrected chi connectivity index (χ4v) is 7.61. The first kappa shape index (κ1) is 26.0. The SMILES string of the molecule is CCOP(=O)(OCC)C(F)(CC[C@@H](C)CCC=C(C)C)S(=O)(=O)c1ccccc1. The van der Waals surface area contributed by atoms with Crippen LogP contribution in [0.5, 0.6) is 0 Å². The van der Waals surface area contributed by atoms with Gasteiger partial charge >= 0.3 is 12.3 Å². The monoisotopic (exact) mass is 448 g/mol. The minimum absolute atomic E-state index is 0.0448. The number of allylic oxidation sites excluding steroid dienone is 2. The third kappa shape index (κ3) is 6.48. The van der Waals surface area contributed by atoms with Crippen molar-refractivity contribution in [3.05, 3.63) is 42.0 Å². The van der Waals surface area contributed by atoms with Gasteiger partial charge in [-0.25, -0.2) is 12.8 Å². The third-order valence-corrected chi connectivity index (χ3v) is 10.2. The van der Waals surface area contributed by atoms with E-state index in [1.54, 1.807) is 6.07 Å². The Morgan fingerprint density at radius 2 is 1.69 bits per heavy atom. The number of benzene rings is 1. The van der Waals surface area contributed by atoms with Crippen molar-refractivity contribution in [3.8, 4) is 0 Å². The van der Waals surface area contributed by atoms with E-state index < -0.39 is 28.6 Å². The summed E-state index contributed by atoms with van der Waals surface area (Å²) in [5.41, 5.74) is 1.20. The summed E-state index contributed by atoms with van der Waals surface area (Å²) in [6.07, 6.45) is 3.47. The molecule has 2 atom stereocenters. The van der Waals surface area contributed by atoms with Gasteiger partial charge in [0.25, 0.3) is 0 Å². The molecule has 0 heterocycles. The van der Waals surface area contributed by atoms with E-state index in [2.05, 4.69) is 6.08 Å². The van der Waals surface area contributed by atoms with Crippen molar-refractivity contribution >= 4 is 17.4 Å². The molecule has 0 aromatic heterocycles. The van der Waals surface area contributed by atoms with Crippen molar-refractivity contribution in [1.82, 2.24) is 0 Å². The molecule has 0 saturated heterocycles. The van der Waals surface area contributed by atoms with E-state index >= 15 is 4.39 Å². The first-order chi connectivity index (χ1) is 13.5. The maximum absolute atomic E-state index is 16.4. The molecule has 1 unspecified atom stereocenters. The van der Waals surface area contributed by atoms with E-state index in [4.69, 9.17) is 9.05 Å². The van der Waals surface area contributed by atoms with Crippen molar-refractivity contribution in [3.63, 3.8) is 0 Å². The van der Waals surface area contributed by atoms with Crippen molar-refractivity contribution in [1.29, 1.82) is 0 Å². The molecule has 1 rings (SSSR count). The van der Waals surface area contributed by atoms with Crippen molar-refractivity contribution in [2.24, 2.45) is 5.92 Å². The smallest absolute Gasteiger partial charge is 0.306 e. The zero-order valence-corrected chi connectivity index (χ0v) is 19.8. The molecule has 0 radical (unpaired) electrons. The maximum atomic E-state index is 16.4. The summed E-state index contributed by atoms with van der Waals surface area (Å²) in [6, 6.07) is 7.23. The molecule has 29 heavy (non-hydrogen) atoms. The molecule has 8 heteroatoms. The molecule has 0 aliphatic rings. The zero-order chi connectivity index (χ0) is 22.1. The van der Waals surface area contributed by atoms with Crippen LogP contribution in [0.4, 0.5) is 4.39 Å². The number of sulfone groups is 1. The quantitative estimate of drug-likeness (QED) is 0.254. The maximum Gasteiger partial charge on any atom is 0.383 e. The van der Waals surface area contributed by atoms with E-state index in [1.165, 1.54) is 43.7 Å². The van der Waals surface area contributed by atoms with Crippen LogP contribution in [0.25, 0.3) is 0 Å². The van der Waals surface area contributed by atoms with E-state index in [9.17, 15) is 13.0 Å². The van der Waals surface area contributed by atoms with Gasteiger partial charge in [0, 0.05) is 6.42 Å². The summed E-state index contributed by atoms with van der Waals surface area (Å²) in [6.45, 7) is 8.76. The summed E-state index contributed by atoms with van der Waals surface area (Å²) >= 11 is 0. The summed E-state index contributed by atoms with van der Waals surface area (Å²) in [4.78, 5) is -0.237. The van der Waals surface area contributed by atoms with Crippen molar-refractivity contribution in [2.75, 3.05) is 13.2 Å². The molecule has 0 amide bonds. The average Bonchev–Trinajstić information content (AvgIpc) is 2.66. The van der Waals surface area contributed by atoms with Gasteiger partial charge in [0.1, 0.15) is 0 Å². The highest BCUT2D eigenvalue weighted by Crippen LogP contribution is 2.66. The second-order valence-corrected chi connectivity index (χ2v) is 12.0. The Kier molecular flexibility index (Phi) is 10.2. The lowest BCUT2D eigenvalue weighted by Gasteiger charge is -2.32. The van der Waals surface area contributed by atoms with Crippen LogP contribution in [0.15, 0.2) is 46.9 Å². The predicted molar refractivity (Wildman–Crippen MR) is 115 cm³/mol. The second kappa shape index (κ2) is 11.4. The lowest BCUT2D eigenvalue weighted by molar-refractivity contribution is 0.168. The van der Waals surface area contributed by atoms with Gasteiger partial charge in [0.2, 0.25) is 9.84 Å². The highest BCUT2D eigenvalue weighted by molar-refractivity contribution is 7.99. The zero-order valence-electron chi connectivity index (χ0n) is 18.1. The molecule has 0 N–H and O–H groups in total. The molecule has 0 bridgehead atoms. The van der Waals surface area contributed by atoms with Crippen LogP contribution < -0.4 is 0 Å². The van der Waals surface area contributed by atoms with Crippen LogP contribution >= 0.6 is 7.60 Å². The number of halogens is 1. The van der Waals surface area contributed by atoms with Crippen LogP contribution in [-0.4, -0.2) is 26.4 Å². The molecule has 1 aromatic rings. The normalized spacial score (nSPS) is 15.5. The van der Waals surface area contributed by atoms with Gasteiger partial charge in [-0.3, -0.25) is 4.57 Å². The molecule has 0 fully saturated rings. The van der Waals surface area contributed by atoms with Gasteiger partial charge in [-0.15, -0.1) is 0 Å². The van der Waals surface area contributed by atoms with Gasteiger partial charge in [0.05, 0.1) is 18.1 Å². The predicted octanol–water partition coefficient (Wildman–Crippen LogP) is 6.51. The van der Waals surface area contributed by atoms with Crippen LogP contribution in [0.1, 0.15) is 60.3 Å². The first-order valence-electron chi connectivity index (χ1n) is 10.0. The summed E-state index contributed by atoms with van der Waals surface area (Å²) in [5.74, 6) is 0.0448. The van der Waals surface area contributed by atoms with Gasteiger partial charge in [0.15, 0.2) is 0 Å². The van der Waals surface area contributed by atoms with E-state index in [-0.39, 0.29) is 30.4 Å². The third-order valence-electron chi connectivity index (χ3n) is 4.63. The number of rotatable bonds is 13. The molecule has 0 aliphatic carbocycles. The molecule has 0 spiro atoms. The Morgan fingerprint density at radius 3 is 2.17 bits per heavy atom. The minimum Gasteiger partial charge on any atom is -0.306 e. The van der Waals surface area contributed by atoms with Crippen LogP contribution in [-0.2, 0) is 23.4 Å². The lowest BCUT2D eigenvalue weighted by atomic mass is 9.99. The first-order valence-corrected chi connectivity index (χ1v) is 13.1. The minimum atomic E-state index is -4.62. The highest BCUT2D eigenvalue weighted by Gasteiger charge is 2.62. The van der Waals surface area contributed by atoms with Crippen molar-refractivity contribution < 1.29 is 26.4 Å².